The van der Waals surface area contributed by atoms with Gasteiger partial charge in [0, 0.05) is 18.2 Å². The van der Waals surface area contributed by atoms with Gasteiger partial charge in [0.2, 0.25) is 0 Å². The van der Waals surface area contributed by atoms with Gasteiger partial charge >= 0.3 is 6.09 Å². The fourth-order valence-electron chi connectivity index (χ4n) is 2.43. The highest BCUT2D eigenvalue weighted by molar-refractivity contribution is 6.31. The molecule has 1 aromatic heterocycles. The molecule has 6 heteroatoms. The summed E-state index contributed by atoms with van der Waals surface area (Å²) < 4.78 is 11.2. The molecule has 1 amide bonds. The summed E-state index contributed by atoms with van der Waals surface area (Å²) >= 11 is 6.06. The number of halogens is 1. The van der Waals surface area contributed by atoms with Crippen LogP contribution in [0.15, 0.2) is 18.5 Å². The third-order valence-electron chi connectivity index (χ3n) is 3.61. The first-order chi connectivity index (χ1) is 10.1. The number of nitrogens with zero attached hydrogens (tertiary/aromatic N) is 2. The first kappa shape index (κ1) is 16.9. The molecule has 5 nitrogen and oxygen atoms in total. The Kier molecular flexibility index (Phi) is 4.57. The fraction of sp³-hybridized carbons (Fsp3) is 0.625. The molecular formula is C16H23ClN2O3. The largest absolute Gasteiger partial charge is 0.488 e. The van der Waals surface area contributed by atoms with Crippen molar-refractivity contribution in [3.8, 4) is 5.75 Å². The minimum Gasteiger partial charge on any atom is -0.488 e. The standard InChI is InChI=1S/C16H23ClN2O3/c1-15(2,3)22-14(20)19-10-16(4,5)13(19)9-21-12-8-18-7-6-11(12)17/h6-8,13H,9-10H2,1-5H3. The van der Waals surface area contributed by atoms with E-state index in [1.54, 1.807) is 23.4 Å². The van der Waals surface area contributed by atoms with Gasteiger partial charge in [0.05, 0.1) is 17.3 Å². The van der Waals surface area contributed by atoms with E-state index >= 15 is 0 Å². The van der Waals surface area contributed by atoms with E-state index in [1.165, 1.54) is 0 Å². The molecule has 0 spiro atoms. The van der Waals surface area contributed by atoms with Gasteiger partial charge < -0.3 is 14.4 Å². The van der Waals surface area contributed by atoms with E-state index in [-0.39, 0.29) is 17.6 Å². The van der Waals surface area contributed by atoms with Crippen molar-refractivity contribution in [3.63, 3.8) is 0 Å². The summed E-state index contributed by atoms with van der Waals surface area (Å²) in [5.74, 6) is 0.524. The average Bonchev–Trinajstić information content (AvgIpc) is 2.36. The van der Waals surface area contributed by atoms with E-state index in [0.29, 0.717) is 23.9 Å². The number of carbonyl (C=O) groups excluding carboxylic acids is 1. The lowest BCUT2D eigenvalue weighted by Crippen LogP contribution is -2.66. The molecule has 1 aliphatic heterocycles. The van der Waals surface area contributed by atoms with Crippen LogP contribution in [-0.2, 0) is 4.74 Å². The molecule has 2 heterocycles. The SMILES string of the molecule is CC(C)(C)OC(=O)N1CC(C)(C)C1COc1cnccc1Cl. The van der Waals surface area contributed by atoms with Crippen LogP contribution in [0.2, 0.25) is 5.02 Å². The van der Waals surface area contributed by atoms with Crippen molar-refractivity contribution in [2.45, 2.75) is 46.3 Å². The van der Waals surface area contributed by atoms with Crippen molar-refractivity contribution in [1.82, 2.24) is 9.88 Å². The van der Waals surface area contributed by atoms with Crippen molar-refractivity contribution in [2.75, 3.05) is 13.2 Å². The molecule has 0 saturated carbocycles. The van der Waals surface area contributed by atoms with Crippen molar-refractivity contribution < 1.29 is 14.3 Å². The number of hydrogen-bond donors (Lipinski definition) is 0. The van der Waals surface area contributed by atoms with Crippen molar-refractivity contribution in [3.05, 3.63) is 23.5 Å². The van der Waals surface area contributed by atoms with Crippen LogP contribution < -0.4 is 4.74 Å². The Morgan fingerprint density at radius 3 is 2.73 bits per heavy atom. The van der Waals surface area contributed by atoms with Crippen molar-refractivity contribution >= 4 is 17.7 Å². The smallest absolute Gasteiger partial charge is 0.410 e. The maximum absolute atomic E-state index is 12.2. The number of carbonyl (C=O) groups is 1. The highest BCUT2D eigenvalue weighted by Crippen LogP contribution is 2.38. The minimum atomic E-state index is -0.505. The average molecular weight is 327 g/mol. The van der Waals surface area contributed by atoms with Crippen LogP contribution in [0, 0.1) is 5.41 Å². The van der Waals surface area contributed by atoms with E-state index in [0.717, 1.165) is 0 Å². The molecule has 0 radical (unpaired) electrons. The minimum absolute atomic E-state index is 0.0222. The molecule has 1 atom stereocenters. The van der Waals surface area contributed by atoms with Crippen LogP contribution in [0.1, 0.15) is 34.6 Å². The van der Waals surface area contributed by atoms with Crippen LogP contribution >= 0.6 is 11.6 Å². The Balaban J connectivity index is 2.00. The van der Waals surface area contributed by atoms with Gasteiger partial charge in [0.15, 0.2) is 5.75 Å². The van der Waals surface area contributed by atoms with Crippen LogP contribution in [0.5, 0.6) is 5.75 Å². The summed E-state index contributed by atoms with van der Waals surface area (Å²) in [5.41, 5.74) is -0.527. The van der Waals surface area contributed by atoms with Gasteiger partial charge in [-0.3, -0.25) is 4.98 Å². The lowest BCUT2D eigenvalue weighted by atomic mass is 9.75. The second kappa shape index (κ2) is 5.95. The number of hydrogen-bond acceptors (Lipinski definition) is 4. The molecule has 0 N–H and O–H groups in total. The van der Waals surface area contributed by atoms with Crippen molar-refractivity contribution in [2.24, 2.45) is 5.41 Å². The van der Waals surface area contributed by atoms with Gasteiger partial charge in [-0.25, -0.2) is 4.79 Å². The molecule has 1 unspecified atom stereocenters. The third-order valence-corrected chi connectivity index (χ3v) is 3.93. The molecule has 0 aromatic carbocycles. The number of aromatic nitrogens is 1. The molecule has 122 valence electrons. The zero-order chi connectivity index (χ0) is 16.5. The normalized spacial score (nSPS) is 20.3. The lowest BCUT2D eigenvalue weighted by molar-refractivity contribution is -0.0779. The predicted octanol–water partition coefficient (Wildman–Crippen LogP) is 3.76. The van der Waals surface area contributed by atoms with E-state index < -0.39 is 5.60 Å². The highest BCUT2D eigenvalue weighted by atomic mass is 35.5. The van der Waals surface area contributed by atoms with Gasteiger partial charge in [0.1, 0.15) is 12.2 Å². The Hall–Kier alpha value is -1.49. The third kappa shape index (κ3) is 3.83. The zero-order valence-corrected chi connectivity index (χ0v) is 14.5. The molecule has 1 fully saturated rings. The van der Waals surface area contributed by atoms with Crippen LogP contribution in [0.3, 0.4) is 0 Å². The number of rotatable bonds is 3. The van der Waals surface area contributed by atoms with Crippen LogP contribution in [-0.4, -0.2) is 40.8 Å². The molecule has 1 aromatic rings. The van der Waals surface area contributed by atoms with Gasteiger partial charge in [0.25, 0.3) is 0 Å². The highest BCUT2D eigenvalue weighted by Gasteiger charge is 2.49. The van der Waals surface area contributed by atoms with E-state index in [1.807, 2.05) is 20.8 Å². The van der Waals surface area contributed by atoms with E-state index in [9.17, 15) is 4.79 Å². The Labute approximate surface area is 136 Å². The summed E-state index contributed by atoms with van der Waals surface area (Å²) in [6, 6.07) is 1.62. The number of likely N-dealkylation sites (tertiary alicyclic amines) is 1. The quantitative estimate of drug-likeness (QED) is 0.848. The lowest BCUT2D eigenvalue weighted by Gasteiger charge is -2.53. The van der Waals surface area contributed by atoms with Gasteiger partial charge in [-0.05, 0) is 26.8 Å². The molecule has 1 aliphatic rings. The van der Waals surface area contributed by atoms with Gasteiger partial charge in [-0.1, -0.05) is 25.4 Å². The van der Waals surface area contributed by atoms with E-state index in [2.05, 4.69) is 18.8 Å². The second-order valence-electron chi connectivity index (χ2n) is 7.23. The van der Waals surface area contributed by atoms with Gasteiger partial charge in [-0.2, -0.15) is 0 Å². The Bertz CT molecular complexity index is 555. The maximum atomic E-state index is 12.2. The van der Waals surface area contributed by atoms with Crippen LogP contribution in [0.4, 0.5) is 4.79 Å². The van der Waals surface area contributed by atoms with E-state index in [4.69, 9.17) is 21.1 Å². The molecular weight excluding hydrogens is 304 g/mol. The molecule has 22 heavy (non-hydrogen) atoms. The fourth-order valence-corrected chi connectivity index (χ4v) is 2.59. The number of ether oxygens (including phenoxy) is 2. The summed E-state index contributed by atoms with van der Waals surface area (Å²) in [4.78, 5) is 17.9. The monoisotopic (exact) mass is 326 g/mol. The summed E-state index contributed by atoms with van der Waals surface area (Å²) in [6.45, 7) is 10.8. The first-order valence-corrected chi connectivity index (χ1v) is 7.70. The van der Waals surface area contributed by atoms with Gasteiger partial charge in [-0.15, -0.1) is 0 Å². The summed E-state index contributed by atoms with van der Waals surface area (Å²) in [7, 11) is 0. The molecule has 0 bridgehead atoms. The first-order valence-electron chi connectivity index (χ1n) is 7.32. The topological polar surface area (TPSA) is 51.7 Å². The zero-order valence-electron chi connectivity index (χ0n) is 13.7. The summed E-state index contributed by atoms with van der Waals surface area (Å²) in [5, 5.41) is 0.510. The van der Waals surface area contributed by atoms with Crippen LogP contribution in [0.25, 0.3) is 0 Å². The molecule has 1 saturated heterocycles. The Morgan fingerprint density at radius 1 is 1.50 bits per heavy atom. The number of amides is 1. The molecule has 2 rings (SSSR count). The van der Waals surface area contributed by atoms with Crippen molar-refractivity contribution in [1.29, 1.82) is 0 Å². The number of pyridine rings is 1. The Morgan fingerprint density at radius 2 is 2.18 bits per heavy atom. The second-order valence-corrected chi connectivity index (χ2v) is 7.64. The summed E-state index contributed by atoms with van der Waals surface area (Å²) in [6.07, 6.45) is 2.87. The molecule has 0 aliphatic carbocycles. The predicted molar refractivity (Wildman–Crippen MR) is 85.3 cm³/mol. The maximum Gasteiger partial charge on any atom is 0.410 e.